The van der Waals surface area contributed by atoms with Crippen LogP contribution in [-0.2, 0) is 9.47 Å². The van der Waals surface area contributed by atoms with E-state index in [1.807, 2.05) is 6.92 Å². The normalized spacial score (nSPS) is 13.2. The number of rotatable bonds is 9. The lowest BCUT2D eigenvalue weighted by Gasteiger charge is -2.11. The zero-order valence-electron chi connectivity index (χ0n) is 8.03. The number of ether oxygens (including phenoxy) is 2. The van der Waals surface area contributed by atoms with Crippen LogP contribution in [0.1, 0.15) is 6.92 Å². The van der Waals surface area contributed by atoms with Crippen molar-refractivity contribution in [3.63, 3.8) is 0 Å². The van der Waals surface area contributed by atoms with Gasteiger partial charge in [0.1, 0.15) is 6.23 Å². The van der Waals surface area contributed by atoms with E-state index in [2.05, 4.69) is 5.32 Å². The number of nitrogens with one attached hydrogen (secondary N) is 1. The molecule has 0 heterocycles. The molecule has 5 heteroatoms. The van der Waals surface area contributed by atoms with Crippen LogP contribution in [0.3, 0.4) is 0 Å². The van der Waals surface area contributed by atoms with Crippen molar-refractivity contribution in [3.05, 3.63) is 0 Å². The molecule has 0 saturated heterocycles. The van der Waals surface area contributed by atoms with Gasteiger partial charge in [-0.15, -0.1) is 0 Å². The molecule has 5 nitrogen and oxygen atoms in total. The van der Waals surface area contributed by atoms with Gasteiger partial charge < -0.3 is 19.7 Å². The highest BCUT2D eigenvalue weighted by atomic mass is 16.5. The van der Waals surface area contributed by atoms with Crippen molar-refractivity contribution >= 4 is 0 Å². The Morgan fingerprint density at radius 1 is 1.31 bits per heavy atom. The zero-order chi connectivity index (χ0) is 9.94. The molecule has 1 atom stereocenters. The van der Waals surface area contributed by atoms with Crippen LogP contribution in [0.4, 0.5) is 0 Å². The van der Waals surface area contributed by atoms with Crippen molar-refractivity contribution in [2.45, 2.75) is 13.2 Å². The maximum Gasteiger partial charge on any atom is 0.128 e. The van der Waals surface area contributed by atoms with E-state index in [0.29, 0.717) is 26.4 Å². The summed E-state index contributed by atoms with van der Waals surface area (Å²) in [5.41, 5.74) is 0. The van der Waals surface area contributed by atoms with E-state index in [1.165, 1.54) is 0 Å². The molecule has 80 valence electrons. The Labute approximate surface area is 78.7 Å². The van der Waals surface area contributed by atoms with Gasteiger partial charge in [-0.3, -0.25) is 5.32 Å². The first-order valence-electron chi connectivity index (χ1n) is 4.49. The number of aliphatic hydroxyl groups excluding tert-OH is 2. The fourth-order valence-corrected chi connectivity index (χ4v) is 0.747. The van der Waals surface area contributed by atoms with Crippen molar-refractivity contribution in [2.24, 2.45) is 0 Å². The molecule has 0 aliphatic rings. The topological polar surface area (TPSA) is 71.0 Å². The van der Waals surface area contributed by atoms with Gasteiger partial charge in [0, 0.05) is 13.2 Å². The van der Waals surface area contributed by atoms with E-state index in [-0.39, 0.29) is 13.2 Å². The minimum atomic E-state index is -0.714. The molecule has 13 heavy (non-hydrogen) atoms. The zero-order valence-corrected chi connectivity index (χ0v) is 8.03. The summed E-state index contributed by atoms with van der Waals surface area (Å²) in [4.78, 5) is 0. The van der Waals surface area contributed by atoms with Gasteiger partial charge in [-0.25, -0.2) is 0 Å². The van der Waals surface area contributed by atoms with Crippen LogP contribution >= 0.6 is 0 Å². The molecule has 3 N–H and O–H groups in total. The smallest absolute Gasteiger partial charge is 0.128 e. The van der Waals surface area contributed by atoms with Gasteiger partial charge in [0.05, 0.1) is 26.4 Å². The third-order valence-electron chi connectivity index (χ3n) is 1.34. The summed E-state index contributed by atoms with van der Waals surface area (Å²) >= 11 is 0. The molecule has 1 unspecified atom stereocenters. The molecule has 0 aromatic carbocycles. The summed E-state index contributed by atoms with van der Waals surface area (Å²) in [6.07, 6.45) is -0.714. The molecule has 0 radical (unpaired) electrons. The van der Waals surface area contributed by atoms with Crippen LogP contribution < -0.4 is 5.32 Å². The SMILES string of the molecule is CCOCCOCC(O)NCCO. The lowest BCUT2D eigenvalue weighted by Crippen LogP contribution is -2.35. The summed E-state index contributed by atoms with van der Waals surface area (Å²) in [6, 6.07) is 0. The van der Waals surface area contributed by atoms with E-state index in [4.69, 9.17) is 19.7 Å². The summed E-state index contributed by atoms with van der Waals surface area (Å²) in [6.45, 7) is 4.21. The fraction of sp³-hybridized carbons (Fsp3) is 1.00. The summed E-state index contributed by atoms with van der Waals surface area (Å²) in [7, 11) is 0. The molecule has 0 spiro atoms. The molecule has 0 bridgehead atoms. The van der Waals surface area contributed by atoms with Gasteiger partial charge >= 0.3 is 0 Å². The highest BCUT2D eigenvalue weighted by Gasteiger charge is 2.00. The lowest BCUT2D eigenvalue weighted by atomic mass is 10.5. The van der Waals surface area contributed by atoms with Crippen molar-refractivity contribution in [2.75, 3.05) is 39.6 Å². The van der Waals surface area contributed by atoms with Gasteiger partial charge in [-0.05, 0) is 6.92 Å². The van der Waals surface area contributed by atoms with Crippen LogP contribution in [-0.4, -0.2) is 56.0 Å². The van der Waals surface area contributed by atoms with Crippen LogP contribution in [0.5, 0.6) is 0 Å². The maximum atomic E-state index is 9.15. The summed E-state index contributed by atoms with van der Waals surface area (Å²) < 4.78 is 10.1. The van der Waals surface area contributed by atoms with Gasteiger partial charge in [0.25, 0.3) is 0 Å². The quantitative estimate of drug-likeness (QED) is 0.321. The molecular formula is C8H19NO4. The van der Waals surface area contributed by atoms with Crippen LogP contribution in [0.15, 0.2) is 0 Å². The first-order valence-corrected chi connectivity index (χ1v) is 4.49. The predicted octanol–water partition coefficient (Wildman–Crippen LogP) is -1.06. The van der Waals surface area contributed by atoms with Gasteiger partial charge in [0.15, 0.2) is 0 Å². The fourth-order valence-electron chi connectivity index (χ4n) is 0.747. The Kier molecular flexibility index (Phi) is 9.73. The van der Waals surface area contributed by atoms with E-state index in [9.17, 15) is 0 Å². The van der Waals surface area contributed by atoms with Gasteiger partial charge in [0.2, 0.25) is 0 Å². The van der Waals surface area contributed by atoms with E-state index < -0.39 is 6.23 Å². The van der Waals surface area contributed by atoms with E-state index >= 15 is 0 Å². The van der Waals surface area contributed by atoms with Crippen molar-refractivity contribution in [1.29, 1.82) is 0 Å². The molecule has 0 aromatic heterocycles. The lowest BCUT2D eigenvalue weighted by molar-refractivity contribution is -0.00684. The minimum Gasteiger partial charge on any atom is -0.395 e. The molecule has 0 fully saturated rings. The third-order valence-corrected chi connectivity index (χ3v) is 1.34. The maximum absolute atomic E-state index is 9.15. The first kappa shape index (κ1) is 12.8. The van der Waals surface area contributed by atoms with Crippen molar-refractivity contribution < 1.29 is 19.7 Å². The molecular weight excluding hydrogens is 174 g/mol. The molecule has 0 rings (SSSR count). The number of hydrogen-bond donors (Lipinski definition) is 3. The average molecular weight is 193 g/mol. The molecule has 0 aliphatic heterocycles. The second kappa shape index (κ2) is 9.88. The minimum absolute atomic E-state index is 0.00993. The molecule has 0 amide bonds. The average Bonchev–Trinajstić information content (AvgIpc) is 2.14. The Hall–Kier alpha value is -0.200. The third kappa shape index (κ3) is 9.72. The predicted molar refractivity (Wildman–Crippen MR) is 48.4 cm³/mol. The monoisotopic (exact) mass is 193 g/mol. The van der Waals surface area contributed by atoms with E-state index in [1.54, 1.807) is 0 Å². The first-order chi connectivity index (χ1) is 6.31. The van der Waals surface area contributed by atoms with Crippen LogP contribution in [0, 0.1) is 0 Å². The standard InChI is InChI=1S/C8H19NO4/c1-2-12-5-6-13-7-8(11)9-3-4-10/h8-11H,2-7H2,1H3. The number of hydrogen-bond acceptors (Lipinski definition) is 5. The van der Waals surface area contributed by atoms with E-state index in [0.717, 1.165) is 0 Å². The summed E-state index contributed by atoms with van der Waals surface area (Å²) in [5, 5.41) is 20.2. The highest BCUT2D eigenvalue weighted by Crippen LogP contribution is 1.82. The van der Waals surface area contributed by atoms with Gasteiger partial charge in [-0.1, -0.05) is 0 Å². The van der Waals surface area contributed by atoms with Crippen molar-refractivity contribution in [1.82, 2.24) is 5.32 Å². The largest absolute Gasteiger partial charge is 0.395 e. The van der Waals surface area contributed by atoms with Crippen LogP contribution in [0.2, 0.25) is 0 Å². The Morgan fingerprint density at radius 2 is 2.00 bits per heavy atom. The van der Waals surface area contributed by atoms with Crippen molar-refractivity contribution in [3.8, 4) is 0 Å². The summed E-state index contributed by atoms with van der Waals surface area (Å²) in [5.74, 6) is 0. The van der Waals surface area contributed by atoms with Crippen LogP contribution in [0.25, 0.3) is 0 Å². The number of aliphatic hydroxyl groups is 2. The second-order valence-electron chi connectivity index (χ2n) is 2.47. The highest BCUT2D eigenvalue weighted by molar-refractivity contribution is 4.50. The Balaban J connectivity index is 3.03. The Morgan fingerprint density at radius 3 is 2.62 bits per heavy atom. The Bertz CT molecular complexity index is 102. The molecule has 0 aliphatic carbocycles. The molecule has 0 saturated carbocycles. The second-order valence-corrected chi connectivity index (χ2v) is 2.47. The molecule has 0 aromatic rings. The van der Waals surface area contributed by atoms with Gasteiger partial charge in [-0.2, -0.15) is 0 Å².